The van der Waals surface area contributed by atoms with Gasteiger partial charge < -0.3 is 9.84 Å². The van der Waals surface area contributed by atoms with Crippen molar-refractivity contribution in [3.05, 3.63) is 41.6 Å². The molecule has 1 aliphatic rings. The number of aromatic nitrogens is 1. The summed E-state index contributed by atoms with van der Waals surface area (Å²) in [6.07, 6.45) is 3.63. The van der Waals surface area contributed by atoms with Crippen molar-refractivity contribution in [2.24, 2.45) is 5.92 Å². The molecule has 0 aliphatic heterocycles. The molecule has 1 fully saturated rings. The van der Waals surface area contributed by atoms with E-state index in [0.717, 1.165) is 23.1 Å². The molecule has 0 unspecified atom stereocenters. The quantitative estimate of drug-likeness (QED) is 0.928. The monoisotopic (exact) mass is 271 g/mol. The van der Waals surface area contributed by atoms with E-state index in [1.165, 1.54) is 25.0 Å². The first kappa shape index (κ1) is 13.5. The van der Waals surface area contributed by atoms with E-state index in [-0.39, 0.29) is 6.61 Å². The number of fused-ring (bicyclic) bond motifs is 1. The molecular formula is C17H21NO2. The highest BCUT2D eigenvalue weighted by Gasteiger charge is 2.26. The minimum atomic E-state index is 0.0824. The maximum atomic E-state index is 9.17. The fourth-order valence-electron chi connectivity index (χ4n) is 3.25. The molecule has 0 bridgehead atoms. The van der Waals surface area contributed by atoms with Crippen LogP contribution in [0.5, 0.6) is 0 Å². The summed E-state index contributed by atoms with van der Waals surface area (Å²) in [7, 11) is 1.78. The van der Waals surface area contributed by atoms with Crippen LogP contribution in [0.25, 0.3) is 10.9 Å². The molecule has 3 nitrogen and oxygen atoms in total. The van der Waals surface area contributed by atoms with E-state index < -0.39 is 0 Å². The largest absolute Gasteiger partial charge is 0.392 e. The van der Waals surface area contributed by atoms with Crippen LogP contribution in [-0.4, -0.2) is 23.8 Å². The average molecular weight is 271 g/mol. The maximum absolute atomic E-state index is 9.17. The van der Waals surface area contributed by atoms with Crippen LogP contribution < -0.4 is 0 Å². The fraction of sp³-hybridized carbons (Fsp3) is 0.471. The number of nitrogens with zero attached hydrogens (tertiary/aromatic N) is 1. The molecule has 1 saturated carbocycles. The zero-order valence-corrected chi connectivity index (χ0v) is 11.9. The van der Waals surface area contributed by atoms with Crippen molar-refractivity contribution in [2.75, 3.05) is 13.7 Å². The van der Waals surface area contributed by atoms with Crippen LogP contribution in [0.1, 0.15) is 36.4 Å². The highest BCUT2D eigenvalue weighted by atomic mass is 16.5. The summed E-state index contributed by atoms with van der Waals surface area (Å²) in [4.78, 5) is 4.80. The first-order valence-corrected chi connectivity index (χ1v) is 7.29. The summed E-state index contributed by atoms with van der Waals surface area (Å²) in [5.74, 6) is 1.25. The lowest BCUT2D eigenvalue weighted by Crippen LogP contribution is -2.04. The van der Waals surface area contributed by atoms with Gasteiger partial charge in [0.15, 0.2) is 0 Å². The molecule has 3 heteroatoms. The van der Waals surface area contributed by atoms with Crippen LogP contribution in [0.15, 0.2) is 30.3 Å². The molecule has 1 aliphatic carbocycles. The van der Waals surface area contributed by atoms with Crippen molar-refractivity contribution in [1.82, 2.24) is 4.98 Å². The Balaban J connectivity index is 1.83. The van der Waals surface area contributed by atoms with E-state index in [2.05, 4.69) is 12.1 Å². The van der Waals surface area contributed by atoms with Crippen molar-refractivity contribution < 1.29 is 9.84 Å². The van der Waals surface area contributed by atoms with E-state index in [0.29, 0.717) is 11.8 Å². The Morgan fingerprint density at radius 1 is 1.25 bits per heavy atom. The Hall–Kier alpha value is -1.45. The second-order valence-electron chi connectivity index (χ2n) is 5.75. The Kier molecular flexibility index (Phi) is 3.99. The van der Waals surface area contributed by atoms with E-state index in [1.54, 1.807) is 7.11 Å². The number of aliphatic hydroxyl groups is 1. The molecule has 0 amide bonds. The van der Waals surface area contributed by atoms with Crippen molar-refractivity contribution in [1.29, 1.82) is 0 Å². The van der Waals surface area contributed by atoms with Gasteiger partial charge in [0.25, 0.3) is 0 Å². The highest BCUT2D eigenvalue weighted by molar-refractivity contribution is 5.79. The predicted octanol–water partition coefficient (Wildman–Crippen LogP) is 3.26. The van der Waals surface area contributed by atoms with Crippen LogP contribution in [0, 0.1) is 5.92 Å². The zero-order valence-electron chi connectivity index (χ0n) is 11.9. The van der Waals surface area contributed by atoms with Crippen molar-refractivity contribution in [3.63, 3.8) is 0 Å². The van der Waals surface area contributed by atoms with E-state index in [1.807, 2.05) is 18.2 Å². The number of benzene rings is 1. The van der Waals surface area contributed by atoms with Gasteiger partial charge in [0.1, 0.15) is 0 Å². The minimum absolute atomic E-state index is 0.0824. The molecule has 1 N–H and O–H groups in total. The lowest BCUT2D eigenvalue weighted by Gasteiger charge is -2.11. The minimum Gasteiger partial charge on any atom is -0.392 e. The highest BCUT2D eigenvalue weighted by Crippen LogP contribution is 2.38. The molecule has 1 heterocycles. The van der Waals surface area contributed by atoms with Gasteiger partial charge in [-0.15, -0.1) is 0 Å². The summed E-state index contributed by atoms with van der Waals surface area (Å²) < 4.78 is 5.26. The Labute approximate surface area is 119 Å². The SMILES string of the molecule is COC[C@H]1CC[C@H](c2ccc3cc(CO)ccc3n2)C1. The summed E-state index contributed by atoms with van der Waals surface area (Å²) in [6.45, 7) is 0.947. The molecule has 2 aromatic rings. The zero-order chi connectivity index (χ0) is 13.9. The third-order valence-electron chi connectivity index (χ3n) is 4.32. The predicted molar refractivity (Wildman–Crippen MR) is 79.6 cm³/mol. The van der Waals surface area contributed by atoms with Gasteiger partial charge in [-0.25, -0.2) is 0 Å². The number of pyridine rings is 1. The maximum Gasteiger partial charge on any atom is 0.0705 e. The Bertz CT molecular complexity index is 597. The van der Waals surface area contributed by atoms with Gasteiger partial charge in [-0.3, -0.25) is 4.98 Å². The number of methoxy groups -OCH3 is 1. The van der Waals surface area contributed by atoms with Gasteiger partial charge in [-0.05, 0) is 48.9 Å². The summed E-state index contributed by atoms with van der Waals surface area (Å²) in [5.41, 5.74) is 3.16. The van der Waals surface area contributed by atoms with Crippen LogP contribution in [0.3, 0.4) is 0 Å². The molecule has 0 spiro atoms. The number of rotatable bonds is 4. The summed E-state index contributed by atoms with van der Waals surface area (Å²) in [6, 6.07) is 10.2. The van der Waals surface area contributed by atoms with Crippen LogP contribution in [0.4, 0.5) is 0 Å². The normalized spacial score (nSPS) is 22.5. The van der Waals surface area contributed by atoms with Gasteiger partial charge in [-0.2, -0.15) is 0 Å². The fourth-order valence-corrected chi connectivity index (χ4v) is 3.25. The van der Waals surface area contributed by atoms with E-state index >= 15 is 0 Å². The van der Waals surface area contributed by atoms with E-state index in [4.69, 9.17) is 9.72 Å². The second-order valence-corrected chi connectivity index (χ2v) is 5.75. The number of aliphatic hydroxyl groups excluding tert-OH is 1. The van der Waals surface area contributed by atoms with Crippen LogP contribution in [-0.2, 0) is 11.3 Å². The van der Waals surface area contributed by atoms with Gasteiger partial charge in [0, 0.05) is 30.7 Å². The molecule has 1 aromatic heterocycles. The Morgan fingerprint density at radius 3 is 2.95 bits per heavy atom. The first-order chi connectivity index (χ1) is 9.80. The molecular weight excluding hydrogens is 250 g/mol. The first-order valence-electron chi connectivity index (χ1n) is 7.29. The average Bonchev–Trinajstić information content (AvgIpc) is 2.95. The standard InChI is InChI=1S/C17H21NO2/c1-20-11-13-2-4-14(9-13)17-7-5-15-8-12(10-19)3-6-16(15)18-17/h3,5-8,13-14,19H,2,4,9-11H2,1H3/t13-,14-/m0/s1. The van der Waals surface area contributed by atoms with Gasteiger partial charge in [-0.1, -0.05) is 12.1 Å². The van der Waals surface area contributed by atoms with Crippen LogP contribution >= 0.6 is 0 Å². The third-order valence-corrected chi connectivity index (χ3v) is 4.32. The molecule has 2 atom stereocenters. The number of ether oxygens (including phenoxy) is 1. The van der Waals surface area contributed by atoms with Crippen molar-refractivity contribution in [3.8, 4) is 0 Å². The number of hydrogen-bond donors (Lipinski definition) is 1. The molecule has 20 heavy (non-hydrogen) atoms. The molecule has 0 radical (unpaired) electrons. The lowest BCUT2D eigenvalue weighted by molar-refractivity contribution is 0.154. The van der Waals surface area contributed by atoms with Gasteiger partial charge in [0.2, 0.25) is 0 Å². The summed E-state index contributed by atoms with van der Waals surface area (Å²) in [5, 5.41) is 10.3. The van der Waals surface area contributed by atoms with Gasteiger partial charge >= 0.3 is 0 Å². The van der Waals surface area contributed by atoms with E-state index in [9.17, 15) is 5.11 Å². The molecule has 0 saturated heterocycles. The summed E-state index contributed by atoms with van der Waals surface area (Å²) >= 11 is 0. The Morgan fingerprint density at radius 2 is 2.15 bits per heavy atom. The van der Waals surface area contributed by atoms with Gasteiger partial charge in [0.05, 0.1) is 12.1 Å². The molecule has 3 rings (SSSR count). The molecule has 106 valence electrons. The lowest BCUT2D eigenvalue weighted by atomic mass is 10.00. The van der Waals surface area contributed by atoms with Crippen molar-refractivity contribution in [2.45, 2.75) is 31.8 Å². The smallest absolute Gasteiger partial charge is 0.0705 e. The topological polar surface area (TPSA) is 42.4 Å². The third kappa shape index (κ3) is 2.69. The number of hydrogen-bond acceptors (Lipinski definition) is 3. The second kappa shape index (κ2) is 5.90. The molecule has 1 aromatic carbocycles. The van der Waals surface area contributed by atoms with Crippen LogP contribution in [0.2, 0.25) is 0 Å². The van der Waals surface area contributed by atoms with Crippen molar-refractivity contribution >= 4 is 10.9 Å².